The molecule has 0 unspecified atom stereocenters. The van der Waals surface area contributed by atoms with Gasteiger partial charge < -0.3 is 9.84 Å². The number of phenols is 1. The highest BCUT2D eigenvalue weighted by atomic mass is 32.1. The van der Waals surface area contributed by atoms with Gasteiger partial charge in [-0.15, -0.1) is 0 Å². The zero-order chi connectivity index (χ0) is 17.0. The fourth-order valence-corrected chi connectivity index (χ4v) is 2.15. The molecule has 122 valence electrons. The second-order valence-corrected chi connectivity index (χ2v) is 4.98. The van der Waals surface area contributed by atoms with Crippen LogP contribution in [-0.4, -0.2) is 38.2 Å². The summed E-state index contributed by atoms with van der Waals surface area (Å²) in [5.41, 5.74) is -0.116. The Labute approximate surface area is 136 Å². The van der Waals surface area contributed by atoms with Gasteiger partial charge in [-0.1, -0.05) is 6.92 Å². The normalized spacial score (nSPS) is 11.0. The number of nitrogens with zero attached hydrogens (tertiary/aromatic N) is 4. The minimum atomic E-state index is -0.578. The number of aryl methyl sites for hydroxylation is 1. The van der Waals surface area contributed by atoms with Gasteiger partial charge in [0.05, 0.1) is 29.9 Å². The van der Waals surface area contributed by atoms with Crippen LogP contribution in [0.3, 0.4) is 0 Å². The van der Waals surface area contributed by atoms with Gasteiger partial charge in [-0.05, 0) is 24.7 Å². The Bertz CT molecular complexity index is 811. The number of nitro groups is 1. The van der Waals surface area contributed by atoms with Gasteiger partial charge in [-0.25, -0.2) is 0 Å². The molecule has 0 aliphatic rings. The number of nitrogens with one attached hydrogen (secondary N) is 1. The molecule has 0 spiro atoms. The molecule has 0 saturated carbocycles. The van der Waals surface area contributed by atoms with E-state index >= 15 is 0 Å². The van der Waals surface area contributed by atoms with Gasteiger partial charge in [0.1, 0.15) is 0 Å². The van der Waals surface area contributed by atoms with E-state index in [9.17, 15) is 15.2 Å². The van der Waals surface area contributed by atoms with Crippen molar-refractivity contribution >= 4 is 24.1 Å². The van der Waals surface area contributed by atoms with Crippen molar-refractivity contribution in [1.82, 2.24) is 14.9 Å². The van der Waals surface area contributed by atoms with Crippen molar-refractivity contribution in [2.75, 3.05) is 7.11 Å². The minimum Gasteiger partial charge on any atom is -0.504 e. The zero-order valence-electron chi connectivity index (χ0n) is 12.5. The molecular formula is C13H15N5O4S. The summed E-state index contributed by atoms with van der Waals surface area (Å²) in [6, 6.07) is 2.35. The van der Waals surface area contributed by atoms with Gasteiger partial charge in [0, 0.05) is 6.42 Å². The lowest BCUT2D eigenvalue weighted by Gasteiger charge is -2.05. The van der Waals surface area contributed by atoms with Crippen LogP contribution in [-0.2, 0) is 6.42 Å². The van der Waals surface area contributed by atoms with Crippen LogP contribution in [0.5, 0.6) is 11.5 Å². The molecule has 2 N–H and O–H groups in total. The van der Waals surface area contributed by atoms with Crippen molar-refractivity contribution in [2.24, 2.45) is 5.10 Å². The van der Waals surface area contributed by atoms with E-state index in [-0.39, 0.29) is 27.5 Å². The van der Waals surface area contributed by atoms with E-state index in [1.165, 1.54) is 24.1 Å². The van der Waals surface area contributed by atoms with E-state index in [1.807, 2.05) is 6.92 Å². The fraction of sp³-hybridized carbons (Fsp3) is 0.308. The topological polar surface area (TPSA) is 119 Å². The summed E-state index contributed by atoms with van der Waals surface area (Å²) in [7, 11) is 1.31. The van der Waals surface area contributed by atoms with Gasteiger partial charge in [0.25, 0.3) is 5.69 Å². The summed E-state index contributed by atoms with van der Waals surface area (Å²) in [6.45, 7) is 1.98. The van der Waals surface area contributed by atoms with Gasteiger partial charge in [-0.3, -0.25) is 15.2 Å². The molecular weight excluding hydrogens is 322 g/mol. The molecule has 0 aliphatic heterocycles. The van der Waals surface area contributed by atoms with Crippen LogP contribution in [0.1, 0.15) is 24.7 Å². The molecule has 1 aromatic carbocycles. The largest absolute Gasteiger partial charge is 0.504 e. The monoisotopic (exact) mass is 337 g/mol. The van der Waals surface area contributed by atoms with E-state index in [0.29, 0.717) is 12.2 Å². The number of H-pyrrole nitrogens is 1. The second kappa shape index (κ2) is 7.01. The summed E-state index contributed by atoms with van der Waals surface area (Å²) in [6.07, 6.45) is 2.75. The van der Waals surface area contributed by atoms with Crippen molar-refractivity contribution in [1.29, 1.82) is 0 Å². The maximum atomic E-state index is 11.2. The van der Waals surface area contributed by atoms with E-state index in [2.05, 4.69) is 15.3 Å². The number of aromatic amines is 1. The highest BCUT2D eigenvalue weighted by Crippen LogP contribution is 2.32. The Morgan fingerprint density at radius 2 is 2.35 bits per heavy atom. The number of rotatable bonds is 6. The number of nitro benzene ring substituents is 1. The first kappa shape index (κ1) is 16.6. The van der Waals surface area contributed by atoms with Crippen LogP contribution in [0.15, 0.2) is 17.2 Å². The number of hydrogen-bond donors (Lipinski definition) is 2. The number of aromatic nitrogens is 3. The second-order valence-electron chi connectivity index (χ2n) is 4.59. The number of hydrogen-bond acceptors (Lipinski definition) is 7. The van der Waals surface area contributed by atoms with Crippen molar-refractivity contribution in [3.05, 3.63) is 38.4 Å². The molecule has 0 aliphatic carbocycles. The van der Waals surface area contributed by atoms with Crippen molar-refractivity contribution in [3.63, 3.8) is 0 Å². The summed E-state index contributed by atoms with van der Waals surface area (Å²) >= 11 is 5.08. The molecule has 1 heterocycles. The average Bonchev–Trinajstić information content (AvgIpc) is 2.85. The van der Waals surface area contributed by atoms with Gasteiger partial charge in [-0.2, -0.15) is 14.9 Å². The van der Waals surface area contributed by atoms with Crippen molar-refractivity contribution < 1.29 is 14.8 Å². The lowest BCUT2D eigenvalue weighted by Crippen LogP contribution is -2.01. The van der Waals surface area contributed by atoms with Crippen molar-refractivity contribution in [3.8, 4) is 11.5 Å². The molecule has 0 radical (unpaired) electrons. The van der Waals surface area contributed by atoms with Crippen LogP contribution in [0.25, 0.3) is 0 Å². The van der Waals surface area contributed by atoms with E-state index in [1.54, 1.807) is 0 Å². The standard InChI is InChI=1S/C13H15N5O4S/c1-3-4-12-15-16-13(23)17(12)14-7-8-5-10(19)11(22-2)6-9(8)18(20)21/h5-7,19H,3-4H2,1-2H3,(H,16,23)/b14-7-. The first-order chi connectivity index (χ1) is 11.0. The molecule has 0 fully saturated rings. The van der Waals surface area contributed by atoms with Gasteiger partial charge >= 0.3 is 0 Å². The fourth-order valence-electron chi connectivity index (χ4n) is 1.95. The van der Waals surface area contributed by atoms with Gasteiger partial charge in [0.2, 0.25) is 4.77 Å². The molecule has 0 amide bonds. The Morgan fingerprint density at radius 3 is 2.96 bits per heavy atom. The highest BCUT2D eigenvalue weighted by Gasteiger charge is 2.17. The molecule has 23 heavy (non-hydrogen) atoms. The minimum absolute atomic E-state index is 0.0143. The molecule has 2 rings (SSSR count). The molecule has 0 saturated heterocycles. The Hall–Kier alpha value is -2.75. The molecule has 9 nitrogen and oxygen atoms in total. The number of methoxy groups -OCH3 is 1. The Kier molecular flexibility index (Phi) is 5.06. The maximum Gasteiger partial charge on any atom is 0.282 e. The van der Waals surface area contributed by atoms with Gasteiger partial charge in [0.15, 0.2) is 17.3 Å². The predicted octanol–water partition coefficient (Wildman–Crippen LogP) is 2.40. The van der Waals surface area contributed by atoms with E-state index < -0.39 is 4.92 Å². The summed E-state index contributed by atoms with van der Waals surface area (Å²) < 4.78 is 6.55. The van der Waals surface area contributed by atoms with Crippen LogP contribution in [0, 0.1) is 14.9 Å². The quantitative estimate of drug-likeness (QED) is 0.361. The predicted molar refractivity (Wildman–Crippen MR) is 85.7 cm³/mol. The van der Waals surface area contributed by atoms with Crippen LogP contribution < -0.4 is 4.74 Å². The lowest BCUT2D eigenvalue weighted by atomic mass is 10.1. The van der Waals surface area contributed by atoms with E-state index in [4.69, 9.17) is 17.0 Å². The number of benzene rings is 1. The summed E-state index contributed by atoms with van der Waals surface area (Å²) in [5, 5.41) is 31.8. The van der Waals surface area contributed by atoms with Crippen LogP contribution >= 0.6 is 12.2 Å². The summed E-state index contributed by atoms with van der Waals surface area (Å²) in [4.78, 5) is 10.6. The average molecular weight is 337 g/mol. The number of ether oxygens (including phenoxy) is 1. The lowest BCUT2D eigenvalue weighted by molar-refractivity contribution is -0.385. The molecule has 0 atom stereocenters. The third kappa shape index (κ3) is 3.54. The Morgan fingerprint density at radius 1 is 1.61 bits per heavy atom. The first-order valence-corrected chi connectivity index (χ1v) is 7.14. The molecule has 0 bridgehead atoms. The molecule has 10 heteroatoms. The number of phenolic OH excluding ortho intramolecular Hbond substituents is 1. The Balaban J connectivity index is 2.47. The molecule has 1 aromatic heterocycles. The SMILES string of the molecule is CCCc1n[nH]c(=S)n1/N=C\c1cc(O)c(OC)cc1[N+](=O)[O-]. The third-order valence-corrected chi connectivity index (χ3v) is 3.29. The van der Waals surface area contributed by atoms with Crippen LogP contribution in [0.2, 0.25) is 0 Å². The summed E-state index contributed by atoms with van der Waals surface area (Å²) in [5.74, 6) is 0.415. The zero-order valence-corrected chi connectivity index (χ0v) is 13.3. The highest BCUT2D eigenvalue weighted by molar-refractivity contribution is 7.71. The third-order valence-electron chi connectivity index (χ3n) is 3.03. The van der Waals surface area contributed by atoms with Crippen LogP contribution in [0.4, 0.5) is 5.69 Å². The van der Waals surface area contributed by atoms with E-state index in [0.717, 1.165) is 12.5 Å². The number of aromatic hydroxyl groups is 1. The van der Waals surface area contributed by atoms with Crippen molar-refractivity contribution in [2.45, 2.75) is 19.8 Å². The maximum absolute atomic E-state index is 11.2. The first-order valence-electron chi connectivity index (χ1n) is 6.74. The molecule has 2 aromatic rings. The smallest absolute Gasteiger partial charge is 0.282 e.